The number of urea groups is 4. The fraction of sp³-hybridized carbons (Fsp3) is 0.340. The number of nitrogens with one attached hydrogen (secondary N) is 7. The zero-order valence-corrected chi connectivity index (χ0v) is 77.9. The summed E-state index contributed by atoms with van der Waals surface area (Å²) in [6.07, 6.45) is 11.9. The van der Waals surface area contributed by atoms with Gasteiger partial charge in [0.15, 0.2) is 23.1 Å². The Bertz CT molecular complexity index is 5990. The molecule has 4 aliphatic heterocycles. The fourth-order valence-electron chi connectivity index (χ4n) is 17.8. The van der Waals surface area contributed by atoms with Crippen molar-refractivity contribution in [2.45, 2.75) is 207 Å². The summed E-state index contributed by atoms with van der Waals surface area (Å²) in [5.41, 5.74) is 18.8. The number of amides is 12. The summed E-state index contributed by atoms with van der Waals surface area (Å²) in [4.78, 5) is 160. The summed E-state index contributed by atoms with van der Waals surface area (Å²) in [7, 11) is 1.69. The molecule has 16 rings (SSSR count). The Labute approximate surface area is 788 Å². The van der Waals surface area contributed by atoms with E-state index in [9.17, 15) is 61.9 Å². The molecular formula is C103H109Cl4FN12O12. The average Bonchev–Trinajstić information content (AvgIpc) is 1.64. The van der Waals surface area contributed by atoms with Gasteiger partial charge in [0.25, 0.3) is 23.6 Å². The van der Waals surface area contributed by atoms with E-state index in [1.165, 1.54) is 15.9 Å². The van der Waals surface area contributed by atoms with E-state index in [0.717, 1.165) is 129 Å². The van der Waals surface area contributed by atoms with Crippen LogP contribution in [0.15, 0.2) is 188 Å². The van der Waals surface area contributed by atoms with Gasteiger partial charge in [0.2, 0.25) is 0 Å². The lowest BCUT2D eigenvalue weighted by atomic mass is 10.0. The first-order valence-corrected chi connectivity index (χ1v) is 46.0. The van der Waals surface area contributed by atoms with Crippen LogP contribution in [0.1, 0.15) is 211 Å². The molecule has 8 aromatic rings. The standard InChI is InChI=1S/3C26H28ClN3O3.C25H25ClFN3O3/c1-16-5-4-6-23(24(31)11-16)30-15-19-12-18(8-10-21(19)25(30)32)14-28-26(33)29(3)20-9-7-17(2)22(27)13-20;1-16-5-3-8-23(24(31)13-16)30-15-21-18(6-4-7-20(21)25(30)32)11-12-28-26(33)29-19-10-9-17(2)22(27)14-19;1-16-4-3-5-23(24(31)12-16)30-15-19-13-18(7-9-21(19)25(30)32)10-11-28-26(33)29-20-8-6-17(2)22(27)14-20;1-14-4-3-5-22(23(31)8-14)30-13-17-9-16(21(27)11-19(17)24(30)32)12-28-25(33)29-18-7-6-15(2)20(26)10-18/h7-10,12-13,23H,1,4-6,11,14-15H2,2-3H3,(H,28,33);4,6-7,9-10,14,23H,1,3,5,8,11-13,15H2,2H3,(H2,28,29,33);6-9,13-14,23H,1,3-5,10-12,15H2,2H3,(H2,28,29,33);6-7,9-11,22H,1,3-5,8,12-13H2,2H3,(H2,28,29,33). The number of ketones is 4. The highest BCUT2D eigenvalue weighted by Gasteiger charge is 2.42. The molecule has 4 heterocycles. The van der Waals surface area contributed by atoms with E-state index in [4.69, 9.17) is 46.4 Å². The van der Waals surface area contributed by atoms with Gasteiger partial charge in [-0.25, -0.2) is 23.6 Å². The van der Waals surface area contributed by atoms with Crippen molar-refractivity contribution in [2.24, 2.45) is 0 Å². The lowest BCUT2D eigenvalue weighted by molar-refractivity contribution is -0.123. The number of allylic oxidation sites excluding steroid dienone is 4. The van der Waals surface area contributed by atoms with Crippen molar-refractivity contribution in [1.29, 1.82) is 0 Å². The van der Waals surface area contributed by atoms with Crippen LogP contribution in [0, 0.1) is 33.5 Å². The van der Waals surface area contributed by atoms with Gasteiger partial charge >= 0.3 is 24.1 Å². The molecule has 0 aromatic heterocycles. The van der Waals surface area contributed by atoms with Crippen LogP contribution in [0.25, 0.3) is 0 Å². The molecule has 0 spiro atoms. The highest BCUT2D eigenvalue weighted by Crippen LogP contribution is 2.38. The second-order valence-electron chi connectivity index (χ2n) is 35.1. The lowest BCUT2D eigenvalue weighted by Gasteiger charge is -2.25. The van der Waals surface area contributed by atoms with Crippen LogP contribution in [0.2, 0.25) is 20.1 Å². The molecule has 8 aliphatic rings. The van der Waals surface area contributed by atoms with E-state index in [0.29, 0.717) is 162 Å². The number of nitrogens with zero attached hydrogens (tertiary/aromatic N) is 5. The summed E-state index contributed by atoms with van der Waals surface area (Å²) >= 11 is 24.5. The maximum atomic E-state index is 14.7. The average molecular weight is 1870 g/mol. The van der Waals surface area contributed by atoms with Crippen LogP contribution in [0.4, 0.5) is 46.3 Å². The van der Waals surface area contributed by atoms with Gasteiger partial charge in [-0.1, -0.05) is 156 Å². The van der Waals surface area contributed by atoms with Crippen LogP contribution < -0.4 is 42.1 Å². The fourth-order valence-corrected chi connectivity index (χ4v) is 18.5. The van der Waals surface area contributed by atoms with Gasteiger partial charge in [0.1, 0.15) is 5.82 Å². The maximum Gasteiger partial charge on any atom is 0.321 e. The zero-order chi connectivity index (χ0) is 94.5. The molecule has 4 saturated carbocycles. The number of anilines is 4. The molecule has 4 atom stereocenters. The molecule has 24 nitrogen and oxygen atoms in total. The molecule has 0 bridgehead atoms. The molecule has 8 aromatic carbocycles. The zero-order valence-electron chi connectivity index (χ0n) is 74.8. The molecule has 4 aliphatic carbocycles. The predicted octanol–water partition coefficient (Wildman–Crippen LogP) is 20.2. The molecule has 29 heteroatoms. The van der Waals surface area contributed by atoms with Crippen molar-refractivity contribution in [1.82, 2.24) is 40.9 Å². The van der Waals surface area contributed by atoms with Crippen molar-refractivity contribution in [3.8, 4) is 0 Å². The molecule has 4 unspecified atom stereocenters. The van der Waals surface area contributed by atoms with Crippen LogP contribution in [-0.2, 0) is 71.3 Å². The predicted molar refractivity (Wildman–Crippen MR) is 514 cm³/mol. The Kier molecular flexibility index (Phi) is 32.1. The summed E-state index contributed by atoms with van der Waals surface area (Å²) in [6.45, 7) is 26.1. The van der Waals surface area contributed by atoms with E-state index in [1.807, 2.05) is 100 Å². The Morgan fingerprint density at radius 3 is 1.21 bits per heavy atom. The summed E-state index contributed by atoms with van der Waals surface area (Å²) < 4.78 is 14.7. The molecule has 0 saturated heterocycles. The minimum absolute atomic E-state index is 0.0195. The van der Waals surface area contributed by atoms with Crippen molar-refractivity contribution in [3.05, 3.63) is 303 Å². The number of Topliss-reactive ketones (excluding diaryl/α,β-unsaturated/α-hetero) is 4. The van der Waals surface area contributed by atoms with Crippen molar-refractivity contribution < 1.29 is 61.9 Å². The van der Waals surface area contributed by atoms with Crippen molar-refractivity contribution in [2.75, 3.05) is 41.0 Å². The molecule has 12 amide bonds. The van der Waals surface area contributed by atoms with Gasteiger partial charge in [0.05, 0.1) is 24.2 Å². The number of benzene rings is 8. The Hall–Kier alpha value is -12.6. The SMILES string of the molecule is C=C1CCCC(N2Cc3c(CCNC(=O)Nc4ccc(C)c(Cl)c4)cccc3C2=O)C(=O)C1.C=C1CCCC(N2Cc3cc(CCNC(=O)Nc4ccc(C)c(Cl)c4)ccc3C2=O)C(=O)C1.C=C1CCCC(N2Cc3cc(CNC(=O)N(C)c4ccc(C)c(Cl)c4)ccc3C2=O)C(=O)C1.C=C1CCCC(N2Cc3cc(CNC(=O)Nc4ccc(C)c(Cl)c4)c(F)cc3C2=O)C(=O)C1. The number of fused-ring (bicyclic) bond motifs is 4. The number of hydrogen-bond donors (Lipinski definition) is 7. The largest absolute Gasteiger partial charge is 0.338 e. The Morgan fingerprint density at radius 2 is 0.773 bits per heavy atom. The first kappa shape index (κ1) is 97.0. The van der Waals surface area contributed by atoms with Crippen molar-refractivity contribution in [3.63, 3.8) is 0 Å². The molecule has 4 fully saturated rings. The van der Waals surface area contributed by atoms with Crippen LogP contribution in [0.3, 0.4) is 0 Å². The van der Waals surface area contributed by atoms with Crippen LogP contribution in [-0.4, -0.2) is 135 Å². The van der Waals surface area contributed by atoms with E-state index in [1.54, 1.807) is 82.4 Å². The monoisotopic (exact) mass is 1860 g/mol. The molecule has 7 N–H and O–H groups in total. The van der Waals surface area contributed by atoms with E-state index in [-0.39, 0.29) is 114 Å². The topological polar surface area (TPSA) is 305 Å². The number of aryl methyl sites for hydroxylation is 4. The van der Waals surface area contributed by atoms with Crippen LogP contribution in [0.5, 0.6) is 0 Å². The summed E-state index contributed by atoms with van der Waals surface area (Å²) in [6, 6.07) is 38.1. The number of carbonyl (C=O) groups excluding carboxylic acids is 12. The Balaban J connectivity index is 0.000000150. The third-order valence-electron chi connectivity index (χ3n) is 25.3. The number of carbonyl (C=O) groups is 12. The molecule has 688 valence electrons. The van der Waals surface area contributed by atoms with Gasteiger partial charge in [-0.2, -0.15) is 0 Å². The number of hydrogen-bond acceptors (Lipinski definition) is 12. The van der Waals surface area contributed by atoms with Gasteiger partial charge in [-0.15, -0.1) is 0 Å². The Morgan fingerprint density at radius 1 is 0.394 bits per heavy atom. The molecular weight excluding hydrogens is 1760 g/mol. The molecule has 132 heavy (non-hydrogen) atoms. The van der Waals surface area contributed by atoms with E-state index in [2.05, 4.69) is 63.5 Å². The smallest absolute Gasteiger partial charge is 0.321 e. The minimum Gasteiger partial charge on any atom is -0.338 e. The number of rotatable bonds is 18. The van der Waals surface area contributed by atoms with Gasteiger partial charge in [-0.05, 0) is 258 Å². The minimum atomic E-state index is -0.580. The first-order valence-electron chi connectivity index (χ1n) is 44.5. The van der Waals surface area contributed by atoms with Crippen LogP contribution >= 0.6 is 46.4 Å². The molecule has 0 radical (unpaired) electrons. The van der Waals surface area contributed by atoms with Gasteiger partial charge < -0.3 is 56.8 Å². The third kappa shape index (κ3) is 24.0. The maximum absolute atomic E-state index is 14.7. The second-order valence-corrected chi connectivity index (χ2v) is 36.7. The normalized spacial score (nSPS) is 18.2. The first-order chi connectivity index (χ1) is 63.1. The number of halogens is 5. The van der Waals surface area contributed by atoms with E-state index >= 15 is 0 Å². The summed E-state index contributed by atoms with van der Waals surface area (Å²) in [5.74, 6) is -0.941. The summed E-state index contributed by atoms with van der Waals surface area (Å²) in [5, 5.41) is 21.8. The second kappa shape index (κ2) is 43.7. The lowest BCUT2D eigenvalue weighted by Crippen LogP contribution is -2.40. The van der Waals surface area contributed by atoms with E-state index < -0.39 is 17.9 Å². The van der Waals surface area contributed by atoms with Gasteiger partial charge in [-0.3, -0.25) is 43.3 Å². The van der Waals surface area contributed by atoms with Crippen molar-refractivity contribution >= 4 is 140 Å². The highest BCUT2D eigenvalue weighted by molar-refractivity contribution is 6.33. The quantitative estimate of drug-likeness (QED) is 0.0312. The third-order valence-corrected chi connectivity index (χ3v) is 26.9. The van der Waals surface area contributed by atoms with Gasteiger partial charge in [0, 0.05) is 156 Å². The highest BCUT2D eigenvalue weighted by atomic mass is 35.5.